The molecule has 0 bridgehead atoms. The Morgan fingerprint density at radius 3 is 2.18 bits per heavy atom. The van der Waals surface area contributed by atoms with E-state index in [1.54, 1.807) is 6.07 Å². The van der Waals surface area contributed by atoms with Crippen molar-refractivity contribution in [2.75, 3.05) is 30.3 Å². The molecule has 2 aromatic carbocycles. The second kappa shape index (κ2) is 9.49. The van der Waals surface area contributed by atoms with E-state index in [1.165, 1.54) is 9.87 Å². The van der Waals surface area contributed by atoms with Gasteiger partial charge in [-0.05, 0) is 46.2 Å². The minimum Gasteiger partial charge on any atom is -0.492 e. The Morgan fingerprint density at radius 1 is 1.03 bits per heavy atom. The molecular weight excluding hydrogens is 452 g/mol. The minimum absolute atomic E-state index is 0.0687. The number of sulfonamides is 1. The van der Waals surface area contributed by atoms with E-state index in [4.69, 9.17) is 9.47 Å². The van der Waals surface area contributed by atoms with Crippen molar-refractivity contribution in [1.82, 2.24) is 5.32 Å². The number of rotatable bonds is 6. The molecule has 0 saturated carbocycles. The first-order valence-corrected chi connectivity index (χ1v) is 13.3. The summed E-state index contributed by atoms with van der Waals surface area (Å²) in [6, 6.07) is 13.4. The number of ether oxygens (including phenoxy) is 2. The van der Waals surface area contributed by atoms with Crippen LogP contribution in [0.1, 0.15) is 52.7 Å². The molecule has 0 aromatic heterocycles. The van der Waals surface area contributed by atoms with Gasteiger partial charge in [0, 0.05) is 0 Å². The van der Waals surface area contributed by atoms with Crippen LogP contribution >= 0.6 is 0 Å². The van der Waals surface area contributed by atoms with Gasteiger partial charge in [0.2, 0.25) is 10.0 Å². The van der Waals surface area contributed by atoms with Gasteiger partial charge in [-0.25, -0.2) is 8.42 Å². The molecular formula is C26H36N2O5S. The Morgan fingerprint density at radius 2 is 1.62 bits per heavy atom. The van der Waals surface area contributed by atoms with E-state index in [-0.39, 0.29) is 36.4 Å². The normalized spacial score (nSPS) is 16.4. The van der Waals surface area contributed by atoms with Crippen molar-refractivity contribution < 1.29 is 22.7 Å². The van der Waals surface area contributed by atoms with Gasteiger partial charge in [-0.1, -0.05) is 59.7 Å². The number of nitrogens with one attached hydrogen (secondary N) is 1. The molecule has 1 N–H and O–H groups in total. The summed E-state index contributed by atoms with van der Waals surface area (Å²) in [6.45, 7) is 13.1. The Labute approximate surface area is 203 Å². The molecule has 2 aromatic rings. The Kier molecular flexibility index (Phi) is 7.22. The van der Waals surface area contributed by atoms with Gasteiger partial charge in [0.05, 0.1) is 25.0 Å². The molecule has 3 rings (SSSR count). The van der Waals surface area contributed by atoms with Gasteiger partial charge in [0.15, 0.2) is 6.10 Å². The molecule has 1 aliphatic heterocycles. The number of amides is 1. The first-order chi connectivity index (χ1) is 15.7. The molecule has 0 radical (unpaired) electrons. The molecule has 1 aliphatic rings. The van der Waals surface area contributed by atoms with E-state index in [1.807, 2.05) is 36.4 Å². The van der Waals surface area contributed by atoms with Crippen LogP contribution in [0.4, 0.5) is 5.69 Å². The molecule has 1 amide bonds. The third-order valence-corrected chi connectivity index (χ3v) is 6.92. The molecule has 8 heteroatoms. The lowest BCUT2D eigenvalue weighted by atomic mass is 9.86. The van der Waals surface area contributed by atoms with E-state index >= 15 is 0 Å². The summed E-state index contributed by atoms with van der Waals surface area (Å²) < 4.78 is 37.9. The second-order valence-corrected chi connectivity index (χ2v) is 12.7. The molecule has 1 atom stereocenters. The van der Waals surface area contributed by atoms with Crippen LogP contribution in [0.25, 0.3) is 0 Å². The summed E-state index contributed by atoms with van der Waals surface area (Å²) in [6.07, 6.45) is 0.188. The number of carbonyl (C=O) groups excluding carboxylic acids is 1. The maximum absolute atomic E-state index is 12.8. The lowest BCUT2D eigenvalue weighted by Gasteiger charge is -2.35. The number of hydrogen-bond acceptors (Lipinski definition) is 5. The minimum atomic E-state index is -3.59. The smallest absolute Gasteiger partial charge is 0.263 e. The van der Waals surface area contributed by atoms with Crippen molar-refractivity contribution in [3.05, 3.63) is 53.6 Å². The van der Waals surface area contributed by atoms with Crippen molar-refractivity contribution >= 4 is 21.6 Å². The molecule has 34 heavy (non-hydrogen) atoms. The molecule has 1 unspecified atom stereocenters. The van der Waals surface area contributed by atoms with Crippen molar-refractivity contribution in [3.8, 4) is 11.5 Å². The van der Waals surface area contributed by atoms with Crippen molar-refractivity contribution in [2.24, 2.45) is 0 Å². The largest absolute Gasteiger partial charge is 0.492 e. The number of fused-ring (bicyclic) bond motifs is 1. The van der Waals surface area contributed by atoms with Gasteiger partial charge in [-0.15, -0.1) is 0 Å². The predicted molar refractivity (Wildman–Crippen MR) is 135 cm³/mol. The summed E-state index contributed by atoms with van der Waals surface area (Å²) in [5.74, 6) is 0.717. The number of nitrogens with zero attached hydrogens (tertiary/aromatic N) is 1. The van der Waals surface area contributed by atoms with Gasteiger partial charge in [-0.3, -0.25) is 9.10 Å². The van der Waals surface area contributed by atoms with Gasteiger partial charge in [0.25, 0.3) is 5.91 Å². The zero-order valence-corrected chi connectivity index (χ0v) is 22.0. The van der Waals surface area contributed by atoms with E-state index in [9.17, 15) is 13.2 Å². The van der Waals surface area contributed by atoms with Gasteiger partial charge in [-0.2, -0.15) is 0 Å². The average Bonchev–Trinajstić information content (AvgIpc) is 2.73. The summed E-state index contributed by atoms with van der Waals surface area (Å²) in [5, 5.41) is 2.79. The molecule has 186 valence electrons. The van der Waals surface area contributed by atoms with Crippen LogP contribution in [0.3, 0.4) is 0 Å². The number of benzene rings is 2. The first-order valence-electron chi connectivity index (χ1n) is 11.5. The third-order valence-electron chi connectivity index (χ3n) is 5.78. The Hall–Kier alpha value is -2.74. The van der Waals surface area contributed by atoms with Crippen LogP contribution in [0.5, 0.6) is 11.5 Å². The van der Waals surface area contributed by atoms with Crippen molar-refractivity contribution in [2.45, 2.75) is 58.5 Å². The summed E-state index contributed by atoms with van der Waals surface area (Å²) in [7, 11) is -3.59. The molecule has 0 aliphatic carbocycles. The summed E-state index contributed by atoms with van der Waals surface area (Å²) >= 11 is 0. The van der Waals surface area contributed by atoms with Crippen LogP contribution in [0, 0.1) is 0 Å². The molecule has 1 heterocycles. The van der Waals surface area contributed by atoms with Crippen molar-refractivity contribution in [3.63, 3.8) is 0 Å². The highest BCUT2D eigenvalue weighted by Gasteiger charge is 2.35. The SMILES string of the molecule is CC(C)(C)c1ccc(OCCNC(=O)C2CN(S(C)(=O)=O)c3cc(C(C)(C)C)ccc3O2)cc1. The van der Waals surface area contributed by atoms with Gasteiger partial charge in [0.1, 0.15) is 18.1 Å². The lowest BCUT2D eigenvalue weighted by molar-refractivity contribution is -0.127. The molecule has 0 saturated heterocycles. The quantitative estimate of drug-likeness (QED) is 0.621. The van der Waals surface area contributed by atoms with Gasteiger partial charge >= 0.3 is 0 Å². The fourth-order valence-electron chi connectivity index (χ4n) is 3.68. The maximum atomic E-state index is 12.8. The Bertz CT molecular complexity index is 1130. The topological polar surface area (TPSA) is 84.9 Å². The fourth-order valence-corrected chi connectivity index (χ4v) is 4.58. The van der Waals surface area contributed by atoms with Crippen molar-refractivity contribution in [1.29, 1.82) is 0 Å². The maximum Gasteiger partial charge on any atom is 0.263 e. The first kappa shape index (κ1) is 25.9. The summed E-state index contributed by atoms with van der Waals surface area (Å²) in [5.41, 5.74) is 2.58. The highest BCUT2D eigenvalue weighted by Crippen LogP contribution is 2.38. The summed E-state index contributed by atoms with van der Waals surface area (Å²) in [4.78, 5) is 12.8. The van der Waals surface area contributed by atoms with E-state index < -0.39 is 16.1 Å². The fraction of sp³-hybridized carbons (Fsp3) is 0.500. The number of hydrogen-bond donors (Lipinski definition) is 1. The highest BCUT2D eigenvalue weighted by molar-refractivity contribution is 7.92. The van der Waals surface area contributed by atoms with Crippen LogP contribution in [0.2, 0.25) is 0 Å². The van der Waals surface area contributed by atoms with Crippen LogP contribution < -0.4 is 19.1 Å². The molecule has 0 spiro atoms. The second-order valence-electron chi connectivity index (χ2n) is 10.7. The van der Waals surface area contributed by atoms with E-state index in [0.29, 0.717) is 11.4 Å². The number of carbonyl (C=O) groups is 1. The van der Waals surface area contributed by atoms with Crippen LogP contribution in [-0.4, -0.2) is 46.4 Å². The highest BCUT2D eigenvalue weighted by atomic mass is 32.2. The number of anilines is 1. The monoisotopic (exact) mass is 488 g/mol. The van der Waals surface area contributed by atoms with Crippen LogP contribution in [-0.2, 0) is 25.6 Å². The molecule has 0 fully saturated rings. The zero-order valence-electron chi connectivity index (χ0n) is 21.1. The zero-order chi connectivity index (χ0) is 25.3. The van der Waals surface area contributed by atoms with Gasteiger partial charge < -0.3 is 14.8 Å². The average molecular weight is 489 g/mol. The molecule has 7 nitrogen and oxygen atoms in total. The lowest BCUT2D eigenvalue weighted by Crippen LogP contribution is -2.51. The van der Waals surface area contributed by atoms with E-state index in [2.05, 4.69) is 46.9 Å². The van der Waals surface area contributed by atoms with Crippen LogP contribution in [0.15, 0.2) is 42.5 Å². The van der Waals surface area contributed by atoms with E-state index in [0.717, 1.165) is 17.6 Å². The standard InChI is InChI=1S/C26H36N2O5S/c1-25(2,3)18-8-11-20(12-9-18)32-15-14-27-24(29)23-17-28(34(7,30)31)21-16-19(26(4,5)6)10-13-22(21)33-23/h8-13,16,23H,14-15,17H2,1-7H3,(H,27,29). The predicted octanol–water partition coefficient (Wildman–Crippen LogP) is 4.00. The third kappa shape index (κ3) is 6.23. The Balaban J connectivity index is 1.62.